The lowest BCUT2D eigenvalue weighted by Crippen LogP contribution is -2.04. The maximum atomic E-state index is 11.5. The number of rotatable bonds is 2. The van der Waals surface area contributed by atoms with E-state index in [0.717, 1.165) is 18.5 Å². The van der Waals surface area contributed by atoms with Gasteiger partial charge in [-0.2, -0.15) is 0 Å². The van der Waals surface area contributed by atoms with Gasteiger partial charge >= 0.3 is 5.97 Å². The molecule has 1 heterocycles. The van der Waals surface area contributed by atoms with Gasteiger partial charge in [0.2, 0.25) is 0 Å². The molecule has 3 nitrogen and oxygen atoms in total. The highest BCUT2D eigenvalue weighted by Gasteiger charge is 2.22. The summed E-state index contributed by atoms with van der Waals surface area (Å²) in [7, 11) is 0. The molecule has 1 aliphatic carbocycles. The minimum atomic E-state index is -0.977. The summed E-state index contributed by atoms with van der Waals surface area (Å²) in [5.41, 5.74) is 1.58. The monoisotopic (exact) mass is 309 g/mol. The SMILES string of the molecule is O=C(O)c1cc(C2CCCC2)nc2c(Cl)cc(Cl)cc12. The van der Waals surface area contributed by atoms with Crippen LogP contribution in [0.15, 0.2) is 18.2 Å². The molecule has 1 fully saturated rings. The second-order valence-corrected chi connectivity index (χ2v) is 6.01. The number of nitrogens with zero attached hydrogens (tertiary/aromatic N) is 1. The van der Waals surface area contributed by atoms with Crippen LogP contribution in [0.1, 0.15) is 47.7 Å². The second kappa shape index (κ2) is 5.23. The molecule has 3 rings (SSSR count). The molecule has 5 heteroatoms. The smallest absolute Gasteiger partial charge is 0.336 e. The van der Waals surface area contributed by atoms with Gasteiger partial charge in [0, 0.05) is 22.0 Å². The third-order valence-electron chi connectivity index (χ3n) is 3.86. The number of carboxylic acid groups (broad SMARTS) is 1. The lowest BCUT2D eigenvalue weighted by atomic mass is 9.99. The Morgan fingerprint density at radius 2 is 1.90 bits per heavy atom. The molecule has 104 valence electrons. The molecule has 0 atom stereocenters. The largest absolute Gasteiger partial charge is 0.478 e. The van der Waals surface area contributed by atoms with Crippen LogP contribution in [-0.2, 0) is 0 Å². The zero-order valence-electron chi connectivity index (χ0n) is 10.7. The predicted molar refractivity (Wildman–Crippen MR) is 79.9 cm³/mol. The summed E-state index contributed by atoms with van der Waals surface area (Å²) in [5, 5.41) is 10.7. The number of aromatic carboxylic acids is 1. The molecule has 1 aliphatic rings. The van der Waals surface area contributed by atoms with E-state index in [9.17, 15) is 9.90 Å². The number of carbonyl (C=O) groups is 1. The summed E-state index contributed by atoms with van der Waals surface area (Å²) in [6, 6.07) is 4.88. The van der Waals surface area contributed by atoms with E-state index >= 15 is 0 Å². The molecule has 1 aromatic heterocycles. The molecule has 1 saturated carbocycles. The summed E-state index contributed by atoms with van der Waals surface area (Å²) >= 11 is 12.1. The van der Waals surface area contributed by atoms with Crippen LogP contribution in [0.5, 0.6) is 0 Å². The van der Waals surface area contributed by atoms with E-state index in [1.54, 1.807) is 18.2 Å². The number of hydrogen-bond donors (Lipinski definition) is 1. The fraction of sp³-hybridized carbons (Fsp3) is 0.333. The van der Waals surface area contributed by atoms with Crippen molar-refractivity contribution < 1.29 is 9.90 Å². The molecule has 0 aliphatic heterocycles. The van der Waals surface area contributed by atoms with E-state index < -0.39 is 5.97 Å². The minimum absolute atomic E-state index is 0.223. The Bertz CT molecular complexity index is 694. The van der Waals surface area contributed by atoms with Gasteiger partial charge in [0.1, 0.15) is 0 Å². The molecule has 1 aromatic carbocycles. The van der Waals surface area contributed by atoms with Crippen molar-refractivity contribution >= 4 is 40.1 Å². The zero-order chi connectivity index (χ0) is 14.3. The predicted octanol–water partition coefficient (Wildman–Crippen LogP) is 4.90. The molecule has 0 amide bonds. The number of pyridine rings is 1. The van der Waals surface area contributed by atoms with Gasteiger partial charge in [-0.3, -0.25) is 4.98 Å². The maximum absolute atomic E-state index is 11.5. The first kappa shape index (κ1) is 13.7. The van der Waals surface area contributed by atoms with Crippen molar-refractivity contribution in [1.82, 2.24) is 4.98 Å². The van der Waals surface area contributed by atoms with Crippen molar-refractivity contribution in [2.24, 2.45) is 0 Å². The van der Waals surface area contributed by atoms with Crippen LogP contribution in [0, 0.1) is 0 Å². The van der Waals surface area contributed by atoms with Crippen LogP contribution in [0.3, 0.4) is 0 Å². The van der Waals surface area contributed by atoms with E-state index in [2.05, 4.69) is 4.98 Å². The lowest BCUT2D eigenvalue weighted by Gasteiger charge is -2.12. The molecular formula is C15H13Cl2NO2. The Hall–Kier alpha value is -1.32. The summed E-state index contributed by atoms with van der Waals surface area (Å²) in [6.07, 6.45) is 4.45. The van der Waals surface area contributed by atoms with E-state index in [-0.39, 0.29) is 5.56 Å². The van der Waals surface area contributed by atoms with Crippen molar-refractivity contribution in [3.63, 3.8) is 0 Å². The van der Waals surface area contributed by atoms with Crippen LogP contribution in [0.2, 0.25) is 10.0 Å². The number of fused-ring (bicyclic) bond motifs is 1. The van der Waals surface area contributed by atoms with E-state index in [1.165, 1.54) is 12.8 Å². The fourth-order valence-electron chi connectivity index (χ4n) is 2.88. The third kappa shape index (κ3) is 2.36. The first-order valence-corrected chi connectivity index (χ1v) is 7.35. The van der Waals surface area contributed by atoms with Gasteiger partial charge in [0.05, 0.1) is 16.1 Å². The van der Waals surface area contributed by atoms with Gasteiger partial charge in [-0.1, -0.05) is 36.0 Å². The van der Waals surface area contributed by atoms with Crippen molar-refractivity contribution in [2.45, 2.75) is 31.6 Å². The lowest BCUT2D eigenvalue weighted by molar-refractivity contribution is 0.0699. The van der Waals surface area contributed by atoms with Gasteiger partial charge in [-0.15, -0.1) is 0 Å². The molecular weight excluding hydrogens is 297 g/mol. The first-order chi connectivity index (χ1) is 9.56. The van der Waals surface area contributed by atoms with Gasteiger partial charge in [-0.05, 0) is 31.0 Å². The quantitative estimate of drug-likeness (QED) is 0.858. The Labute approximate surface area is 126 Å². The van der Waals surface area contributed by atoms with Crippen LogP contribution in [-0.4, -0.2) is 16.1 Å². The molecule has 20 heavy (non-hydrogen) atoms. The van der Waals surface area contributed by atoms with E-state index in [0.29, 0.717) is 26.9 Å². The molecule has 0 saturated heterocycles. The molecule has 2 aromatic rings. The summed E-state index contributed by atoms with van der Waals surface area (Å²) in [5.74, 6) is -0.640. The van der Waals surface area contributed by atoms with Crippen molar-refractivity contribution in [1.29, 1.82) is 0 Å². The number of hydrogen-bond acceptors (Lipinski definition) is 2. The Kier molecular flexibility index (Phi) is 3.57. The highest BCUT2D eigenvalue weighted by Crippen LogP contribution is 2.36. The Morgan fingerprint density at radius 1 is 1.20 bits per heavy atom. The van der Waals surface area contributed by atoms with Gasteiger partial charge in [0.25, 0.3) is 0 Å². The van der Waals surface area contributed by atoms with Crippen LogP contribution < -0.4 is 0 Å². The molecule has 0 bridgehead atoms. The van der Waals surface area contributed by atoms with Gasteiger partial charge < -0.3 is 5.11 Å². The topological polar surface area (TPSA) is 50.2 Å². The van der Waals surface area contributed by atoms with E-state index in [4.69, 9.17) is 23.2 Å². The van der Waals surface area contributed by atoms with Crippen LogP contribution in [0.4, 0.5) is 0 Å². The second-order valence-electron chi connectivity index (χ2n) is 5.16. The Morgan fingerprint density at radius 3 is 2.55 bits per heavy atom. The highest BCUT2D eigenvalue weighted by atomic mass is 35.5. The van der Waals surface area contributed by atoms with E-state index in [1.807, 2.05) is 0 Å². The molecule has 1 N–H and O–H groups in total. The van der Waals surface area contributed by atoms with Crippen molar-refractivity contribution in [2.75, 3.05) is 0 Å². The fourth-order valence-corrected chi connectivity index (χ4v) is 3.42. The normalized spacial score (nSPS) is 15.9. The van der Waals surface area contributed by atoms with Gasteiger partial charge in [0.15, 0.2) is 0 Å². The molecule has 0 spiro atoms. The third-order valence-corrected chi connectivity index (χ3v) is 4.36. The summed E-state index contributed by atoms with van der Waals surface area (Å²) in [4.78, 5) is 16.1. The van der Waals surface area contributed by atoms with Crippen LogP contribution >= 0.6 is 23.2 Å². The highest BCUT2D eigenvalue weighted by molar-refractivity contribution is 6.38. The average Bonchev–Trinajstić information content (AvgIpc) is 2.91. The van der Waals surface area contributed by atoms with Crippen molar-refractivity contribution in [3.05, 3.63) is 39.5 Å². The number of benzene rings is 1. The summed E-state index contributed by atoms with van der Waals surface area (Å²) in [6.45, 7) is 0. The number of aromatic nitrogens is 1. The number of carboxylic acids is 1. The summed E-state index contributed by atoms with van der Waals surface area (Å²) < 4.78 is 0. The first-order valence-electron chi connectivity index (χ1n) is 6.59. The minimum Gasteiger partial charge on any atom is -0.478 e. The number of halogens is 2. The standard InChI is InChI=1S/C15H13Cl2NO2/c16-9-5-10-11(15(19)20)7-13(8-3-1-2-4-8)18-14(10)12(17)6-9/h5-8H,1-4H2,(H,19,20). The van der Waals surface area contributed by atoms with Gasteiger partial charge in [-0.25, -0.2) is 4.79 Å². The maximum Gasteiger partial charge on any atom is 0.336 e. The van der Waals surface area contributed by atoms with Crippen molar-refractivity contribution in [3.8, 4) is 0 Å². The Balaban J connectivity index is 2.27. The zero-order valence-corrected chi connectivity index (χ0v) is 12.2. The molecule has 0 unspecified atom stereocenters. The van der Waals surface area contributed by atoms with Crippen LogP contribution in [0.25, 0.3) is 10.9 Å². The average molecular weight is 310 g/mol. The molecule has 0 radical (unpaired) electrons.